The first kappa shape index (κ1) is 14.8. The summed E-state index contributed by atoms with van der Waals surface area (Å²) in [5.41, 5.74) is 1.38. The molecule has 1 fully saturated rings. The van der Waals surface area contributed by atoms with Gasteiger partial charge in [-0.05, 0) is 37.8 Å². The van der Waals surface area contributed by atoms with Gasteiger partial charge >= 0.3 is 0 Å². The number of carbonyl (C=O) groups is 1. The molecule has 1 saturated carbocycles. The molecule has 1 aromatic carbocycles. The predicted molar refractivity (Wildman–Crippen MR) is 77.5 cm³/mol. The van der Waals surface area contributed by atoms with E-state index in [1.165, 1.54) is 0 Å². The minimum atomic E-state index is -0.222. The SMILES string of the molecule is O=C(COC1CCC(=NO)CC1)Nc1ccccc1Cl. The Morgan fingerprint density at radius 2 is 2.10 bits per heavy atom. The van der Waals surface area contributed by atoms with Gasteiger partial charge in [-0.15, -0.1) is 0 Å². The van der Waals surface area contributed by atoms with Gasteiger partial charge in [0.15, 0.2) is 0 Å². The number of hydrogen-bond acceptors (Lipinski definition) is 4. The molecule has 0 unspecified atom stereocenters. The second-order valence-electron chi connectivity index (χ2n) is 4.70. The van der Waals surface area contributed by atoms with Crippen molar-refractivity contribution in [2.75, 3.05) is 11.9 Å². The normalized spacial score (nSPS) is 18.6. The molecule has 2 rings (SSSR count). The zero-order valence-corrected chi connectivity index (χ0v) is 11.8. The highest BCUT2D eigenvalue weighted by atomic mass is 35.5. The average molecular weight is 297 g/mol. The fraction of sp³-hybridized carbons (Fsp3) is 0.429. The quantitative estimate of drug-likeness (QED) is 0.662. The van der Waals surface area contributed by atoms with Crippen LogP contribution in [0.4, 0.5) is 5.69 Å². The van der Waals surface area contributed by atoms with E-state index in [-0.39, 0.29) is 18.6 Å². The summed E-state index contributed by atoms with van der Waals surface area (Å²) in [7, 11) is 0. The number of nitrogens with one attached hydrogen (secondary N) is 1. The van der Waals surface area contributed by atoms with Gasteiger partial charge in [-0.1, -0.05) is 28.9 Å². The van der Waals surface area contributed by atoms with Crippen LogP contribution in [0.2, 0.25) is 5.02 Å². The predicted octanol–water partition coefficient (Wildman–Crippen LogP) is 3.07. The number of carbonyl (C=O) groups excluding carboxylic acids is 1. The van der Waals surface area contributed by atoms with Crippen LogP contribution in [0.1, 0.15) is 25.7 Å². The van der Waals surface area contributed by atoms with E-state index in [4.69, 9.17) is 21.5 Å². The Morgan fingerprint density at radius 3 is 2.75 bits per heavy atom. The molecule has 2 N–H and O–H groups in total. The molecule has 0 atom stereocenters. The van der Waals surface area contributed by atoms with Crippen LogP contribution in [0.25, 0.3) is 0 Å². The van der Waals surface area contributed by atoms with Crippen LogP contribution in [-0.2, 0) is 9.53 Å². The maximum absolute atomic E-state index is 11.8. The molecule has 20 heavy (non-hydrogen) atoms. The number of ether oxygens (including phenoxy) is 1. The maximum atomic E-state index is 11.8. The molecular weight excluding hydrogens is 280 g/mol. The highest BCUT2D eigenvalue weighted by molar-refractivity contribution is 6.33. The molecule has 5 nitrogen and oxygen atoms in total. The first-order valence-electron chi connectivity index (χ1n) is 6.55. The van der Waals surface area contributed by atoms with Gasteiger partial charge in [0, 0.05) is 0 Å². The summed E-state index contributed by atoms with van der Waals surface area (Å²) in [6.45, 7) is 0.00148. The summed E-state index contributed by atoms with van der Waals surface area (Å²) in [6, 6.07) is 7.07. The standard InChI is InChI=1S/C14H17ClN2O3/c15-12-3-1-2-4-13(12)16-14(18)9-20-11-7-5-10(17-19)6-8-11/h1-4,11,19H,5-9H2,(H,16,18). The van der Waals surface area contributed by atoms with E-state index in [9.17, 15) is 4.79 Å². The third-order valence-electron chi connectivity index (χ3n) is 3.25. The van der Waals surface area contributed by atoms with Gasteiger partial charge in [-0.2, -0.15) is 0 Å². The lowest BCUT2D eigenvalue weighted by Crippen LogP contribution is -2.27. The lowest BCUT2D eigenvalue weighted by atomic mass is 9.96. The fourth-order valence-corrected chi connectivity index (χ4v) is 2.32. The number of nitrogens with zero attached hydrogens (tertiary/aromatic N) is 1. The van der Waals surface area contributed by atoms with Crippen molar-refractivity contribution in [2.45, 2.75) is 31.8 Å². The molecule has 6 heteroatoms. The Bertz CT molecular complexity index is 495. The number of amides is 1. The topological polar surface area (TPSA) is 70.9 Å². The zero-order valence-electron chi connectivity index (χ0n) is 11.0. The average Bonchev–Trinajstić information content (AvgIpc) is 2.48. The first-order chi connectivity index (χ1) is 9.69. The molecule has 0 bridgehead atoms. The second kappa shape index (κ2) is 7.26. The van der Waals surface area contributed by atoms with Gasteiger partial charge in [-0.3, -0.25) is 4.79 Å². The summed E-state index contributed by atoms with van der Waals surface area (Å²) in [6.07, 6.45) is 3.02. The molecule has 1 aliphatic carbocycles. The molecule has 1 amide bonds. The van der Waals surface area contributed by atoms with Crippen molar-refractivity contribution in [1.29, 1.82) is 0 Å². The van der Waals surface area contributed by atoms with Gasteiger partial charge in [0.1, 0.15) is 6.61 Å². The lowest BCUT2D eigenvalue weighted by Gasteiger charge is -2.22. The van der Waals surface area contributed by atoms with Crippen molar-refractivity contribution < 1.29 is 14.7 Å². The Morgan fingerprint density at radius 1 is 1.40 bits per heavy atom. The van der Waals surface area contributed by atoms with E-state index in [0.29, 0.717) is 23.6 Å². The van der Waals surface area contributed by atoms with Crippen molar-refractivity contribution in [1.82, 2.24) is 0 Å². The molecule has 0 aliphatic heterocycles. The van der Waals surface area contributed by atoms with Gasteiger partial charge in [0.25, 0.3) is 0 Å². The highest BCUT2D eigenvalue weighted by Crippen LogP contribution is 2.21. The Labute approximate surface area is 122 Å². The summed E-state index contributed by atoms with van der Waals surface area (Å²) in [5, 5.41) is 15.1. The molecule has 1 aliphatic rings. The summed E-state index contributed by atoms with van der Waals surface area (Å²) < 4.78 is 5.56. The largest absolute Gasteiger partial charge is 0.411 e. The highest BCUT2D eigenvalue weighted by Gasteiger charge is 2.19. The van der Waals surface area contributed by atoms with Crippen molar-refractivity contribution in [2.24, 2.45) is 5.16 Å². The number of hydrogen-bond donors (Lipinski definition) is 2. The van der Waals surface area contributed by atoms with E-state index < -0.39 is 0 Å². The fourth-order valence-electron chi connectivity index (χ4n) is 2.13. The van der Waals surface area contributed by atoms with Crippen molar-refractivity contribution in [3.05, 3.63) is 29.3 Å². The number of rotatable bonds is 4. The van der Waals surface area contributed by atoms with Crippen LogP contribution in [0.3, 0.4) is 0 Å². The molecule has 1 aromatic rings. The smallest absolute Gasteiger partial charge is 0.250 e. The van der Waals surface area contributed by atoms with Gasteiger partial charge in [0.05, 0.1) is 22.5 Å². The summed E-state index contributed by atoms with van der Waals surface area (Å²) >= 11 is 5.96. The van der Waals surface area contributed by atoms with Crippen LogP contribution < -0.4 is 5.32 Å². The number of benzene rings is 1. The third-order valence-corrected chi connectivity index (χ3v) is 3.58. The maximum Gasteiger partial charge on any atom is 0.250 e. The van der Waals surface area contributed by atoms with E-state index >= 15 is 0 Å². The molecule has 0 saturated heterocycles. The van der Waals surface area contributed by atoms with Gasteiger partial charge in [0.2, 0.25) is 5.91 Å². The lowest BCUT2D eigenvalue weighted by molar-refractivity contribution is -0.122. The number of para-hydroxylation sites is 1. The summed E-state index contributed by atoms with van der Waals surface area (Å²) in [5.74, 6) is -0.222. The van der Waals surface area contributed by atoms with Crippen LogP contribution in [-0.4, -0.2) is 29.5 Å². The number of oxime groups is 1. The summed E-state index contributed by atoms with van der Waals surface area (Å²) in [4.78, 5) is 11.8. The Balaban J connectivity index is 1.75. The van der Waals surface area contributed by atoms with Gasteiger partial charge in [-0.25, -0.2) is 0 Å². The first-order valence-corrected chi connectivity index (χ1v) is 6.92. The molecular formula is C14H17ClN2O3. The van der Waals surface area contributed by atoms with E-state index in [0.717, 1.165) is 18.6 Å². The Kier molecular flexibility index (Phi) is 5.38. The van der Waals surface area contributed by atoms with Crippen molar-refractivity contribution in [3.8, 4) is 0 Å². The number of halogens is 1. The monoisotopic (exact) mass is 296 g/mol. The molecule has 108 valence electrons. The molecule has 0 spiro atoms. The molecule has 0 radical (unpaired) electrons. The Hall–Kier alpha value is -1.59. The second-order valence-corrected chi connectivity index (χ2v) is 5.11. The molecule has 0 heterocycles. The van der Waals surface area contributed by atoms with E-state index in [2.05, 4.69) is 10.5 Å². The third kappa shape index (κ3) is 4.21. The number of anilines is 1. The zero-order chi connectivity index (χ0) is 14.4. The van der Waals surface area contributed by atoms with Crippen LogP contribution >= 0.6 is 11.6 Å². The van der Waals surface area contributed by atoms with Crippen LogP contribution in [0, 0.1) is 0 Å². The molecule has 0 aromatic heterocycles. The van der Waals surface area contributed by atoms with Crippen molar-refractivity contribution in [3.63, 3.8) is 0 Å². The van der Waals surface area contributed by atoms with Crippen LogP contribution in [0.15, 0.2) is 29.4 Å². The van der Waals surface area contributed by atoms with Crippen LogP contribution in [0.5, 0.6) is 0 Å². The van der Waals surface area contributed by atoms with Crippen molar-refractivity contribution >= 4 is 28.9 Å². The van der Waals surface area contributed by atoms with Gasteiger partial charge < -0.3 is 15.3 Å². The minimum absolute atomic E-state index is 0.00148. The van der Waals surface area contributed by atoms with E-state index in [1.54, 1.807) is 24.3 Å². The minimum Gasteiger partial charge on any atom is -0.411 e. The van der Waals surface area contributed by atoms with E-state index in [1.807, 2.05) is 0 Å².